The number of nitrogens with zero attached hydrogens (tertiary/aromatic N) is 1. The van der Waals surface area contributed by atoms with Gasteiger partial charge in [-0.3, -0.25) is 0 Å². The third-order valence-corrected chi connectivity index (χ3v) is 4.45. The minimum Gasteiger partial charge on any atom is -0.368 e. The molecule has 2 heterocycles. The summed E-state index contributed by atoms with van der Waals surface area (Å²) in [6.45, 7) is 4.25. The Morgan fingerprint density at radius 2 is 2.24 bits per heavy atom. The Labute approximate surface area is 104 Å². The molecule has 2 N–H and O–H groups in total. The van der Waals surface area contributed by atoms with E-state index in [1.165, 1.54) is 43.5 Å². The number of rotatable bonds is 1. The lowest BCUT2D eigenvalue weighted by atomic mass is 9.84. The summed E-state index contributed by atoms with van der Waals surface area (Å²) >= 11 is 0. The molecule has 2 unspecified atom stereocenters. The van der Waals surface area contributed by atoms with Crippen LogP contribution in [0.4, 0.5) is 5.69 Å². The van der Waals surface area contributed by atoms with E-state index >= 15 is 0 Å². The van der Waals surface area contributed by atoms with Crippen molar-refractivity contribution in [2.75, 3.05) is 18.0 Å². The normalized spacial score (nSPS) is 27.5. The Morgan fingerprint density at radius 3 is 3.06 bits per heavy atom. The quantitative estimate of drug-likeness (QED) is 0.803. The summed E-state index contributed by atoms with van der Waals surface area (Å²) in [4.78, 5) is 2.63. The number of aryl methyl sites for hydroxylation is 2. The maximum atomic E-state index is 5.82. The third-order valence-electron chi connectivity index (χ3n) is 4.45. The molecule has 1 fully saturated rings. The van der Waals surface area contributed by atoms with Crippen molar-refractivity contribution >= 4 is 5.69 Å². The molecule has 0 bridgehead atoms. The molecular formula is C15H22N2. The summed E-state index contributed by atoms with van der Waals surface area (Å²) in [7, 11) is 0. The van der Waals surface area contributed by atoms with Crippen molar-refractivity contribution in [3.05, 3.63) is 29.3 Å². The van der Waals surface area contributed by atoms with E-state index < -0.39 is 0 Å². The molecule has 2 aliphatic rings. The fourth-order valence-electron chi connectivity index (χ4n) is 3.46. The van der Waals surface area contributed by atoms with Crippen LogP contribution in [0.3, 0.4) is 0 Å². The van der Waals surface area contributed by atoms with Gasteiger partial charge in [0.2, 0.25) is 0 Å². The number of fused-ring (bicyclic) bond motifs is 3. The van der Waals surface area contributed by atoms with Crippen molar-refractivity contribution in [3.8, 4) is 0 Å². The molecule has 0 saturated carbocycles. The summed E-state index contributed by atoms with van der Waals surface area (Å²) in [6, 6.07) is 7.67. The lowest BCUT2D eigenvalue weighted by Crippen LogP contribution is -2.46. The van der Waals surface area contributed by atoms with Crippen LogP contribution in [0, 0.1) is 12.8 Å². The highest BCUT2D eigenvalue weighted by atomic mass is 15.2. The minimum absolute atomic E-state index is 0.743. The molecule has 92 valence electrons. The molecule has 2 aliphatic heterocycles. The van der Waals surface area contributed by atoms with Gasteiger partial charge in [0.05, 0.1) is 0 Å². The second-order valence-electron chi connectivity index (χ2n) is 5.64. The SMILES string of the molecule is Cc1ccc2c(c1)CCC1CC(CN)CCN21. The lowest BCUT2D eigenvalue weighted by molar-refractivity contribution is 0.328. The summed E-state index contributed by atoms with van der Waals surface area (Å²) in [6.07, 6.45) is 5.12. The fraction of sp³-hybridized carbons (Fsp3) is 0.600. The first-order chi connectivity index (χ1) is 8.28. The van der Waals surface area contributed by atoms with Crippen molar-refractivity contribution in [1.29, 1.82) is 0 Å². The van der Waals surface area contributed by atoms with Gasteiger partial charge in [-0.05, 0) is 56.7 Å². The molecule has 2 heteroatoms. The number of hydrogen-bond donors (Lipinski definition) is 1. The molecule has 1 aromatic rings. The van der Waals surface area contributed by atoms with E-state index in [0.29, 0.717) is 0 Å². The molecule has 0 aromatic heterocycles. The van der Waals surface area contributed by atoms with Gasteiger partial charge >= 0.3 is 0 Å². The molecule has 0 aliphatic carbocycles. The van der Waals surface area contributed by atoms with Gasteiger partial charge in [0.25, 0.3) is 0 Å². The highest BCUT2D eigenvalue weighted by Crippen LogP contribution is 2.37. The van der Waals surface area contributed by atoms with Crippen LogP contribution in [0.2, 0.25) is 0 Å². The zero-order chi connectivity index (χ0) is 11.8. The maximum Gasteiger partial charge on any atom is 0.0401 e. The van der Waals surface area contributed by atoms with Crippen molar-refractivity contribution in [2.45, 2.75) is 38.6 Å². The van der Waals surface area contributed by atoms with Crippen LogP contribution < -0.4 is 10.6 Å². The topological polar surface area (TPSA) is 29.3 Å². The van der Waals surface area contributed by atoms with Crippen LogP contribution in [0.15, 0.2) is 18.2 Å². The zero-order valence-electron chi connectivity index (χ0n) is 10.7. The molecule has 17 heavy (non-hydrogen) atoms. The van der Waals surface area contributed by atoms with E-state index in [1.54, 1.807) is 5.56 Å². The van der Waals surface area contributed by atoms with Gasteiger partial charge in [0, 0.05) is 18.3 Å². The van der Waals surface area contributed by atoms with E-state index in [-0.39, 0.29) is 0 Å². The van der Waals surface area contributed by atoms with Gasteiger partial charge in [0.15, 0.2) is 0 Å². The summed E-state index contributed by atoms with van der Waals surface area (Å²) in [5.41, 5.74) is 10.2. The molecule has 1 saturated heterocycles. The summed E-state index contributed by atoms with van der Waals surface area (Å²) in [5.74, 6) is 0.753. The smallest absolute Gasteiger partial charge is 0.0401 e. The molecule has 3 rings (SSSR count). The standard InChI is InChI=1S/C15H22N2/c1-11-2-5-15-13(8-11)3-4-14-9-12(10-16)6-7-17(14)15/h2,5,8,12,14H,3-4,6-7,9-10,16H2,1H3. The number of nitrogens with two attached hydrogens (primary N) is 1. The number of piperidine rings is 1. The van der Waals surface area contributed by atoms with E-state index in [9.17, 15) is 0 Å². The van der Waals surface area contributed by atoms with Crippen LogP contribution in [-0.2, 0) is 6.42 Å². The largest absolute Gasteiger partial charge is 0.368 e. The third kappa shape index (κ3) is 1.95. The molecule has 0 amide bonds. The van der Waals surface area contributed by atoms with Crippen molar-refractivity contribution in [1.82, 2.24) is 0 Å². The molecule has 2 nitrogen and oxygen atoms in total. The average molecular weight is 230 g/mol. The first-order valence-electron chi connectivity index (χ1n) is 6.84. The van der Waals surface area contributed by atoms with Crippen LogP contribution in [-0.4, -0.2) is 19.1 Å². The van der Waals surface area contributed by atoms with Gasteiger partial charge in [-0.2, -0.15) is 0 Å². The summed E-state index contributed by atoms with van der Waals surface area (Å²) in [5, 5.41) is 0. The second-order valence-corrected chi connectivity index (χ2v) is 5.64. The maximum absolute atomic E-state index is 5.82. The fourth-order valence-corrected chi connectivity index (χ4v) is 3.46. The van der Waals surface area contributed by atoms with Gasteiger partial charge in [-0.15, -0.1) is 0 Å². The highest BCUT2D eigenvalue weighted by molar-refractivity contribution is 5.58. The Hall–Kier alpha value is -1.02. The van der Waals surface area contributed by atoms with Crippen LogP contribution in [0.1, 0.15) is 30.4 Å². The molecule has 2 atom stereocenters. The predicted octanol–water partition coefficient (Wildman–Crippen LogP) is 2.48. The number of benzene rings is 1. The Morgan fingerprint density at radius 1 is 1.35 bits per heavy atom. The second kappa shape index (κ2) is 4.34. The van der Waals surface area contributed by atoms with E-state index in [4.69, 9.17) is 5.73 Å². The Balaban J connectivity index is 1.87. The van der Waals surface area contributed by atoms with E-state index in [2.05, 4.69) is 30.0 Å². The van der Waals surface area contributed by atoms with Gasteiger partial charge in [0.1, 0.15) is 0 Å². The van der Waals surface area contributed by atoms with Crippen LogP contribution in [0.5, 0.6) is 0 Å². The molecular weight excluding hydrogens is 208 g/mol. The Kier molecular flexibility index (Phi) is 2.83. The van der Waals surface area contributed by atoms with Crippen molar-refractivity contribution < 1.29 is 0 Å². The Bertz CT molecular complexity index is 413. The first-order valence-corrected chi connectivity index (χ1v) is 6.84. The van der Waals surface area contributed by atoms with Gasteiger partial charge < -0.3 is 10.6 Å². The van der Waals surface area contributed by atoms with Crippen LogP contribution >= 0.6 is 0 Å². The summed E-state index contributed by atoms with van der Waals surface area (Å²) < 4.78 is 0. The minimum atomic E-state index is 0.743. The zero-order valence-corrected chi connectivity index (χ0v) is 10.7. The van der Waals surface area contributed by atoms with E-state index in [0.717, 1.165) is 18.5 Å². The predicted molar refractivity (Wildman–Crippen MR) is 72.4 cm³/mol. The van der Waals surface area contributed by atoms with Gasteiger partial charge in [-0.25, -0.2) is 0 Å². The van der Waals surface area contributed by atoms with Crippen molar-refractivity contribution in [3.63, 3.8) is 0 Å². The first kappa shape index (κ1) is 11.1. The monoisotopic (exact) mass is 230 g/mol. The van der Waals surface area contributed by atoms with E-state index in [1.807, 2.05) is 0 Å². The van der Waals surface area contributed by atoms with Crippen molar-refractivity contribution in [2.24, 2.45) is 11.7 Å². The average Bonchev–Trinajstić information content (AvgIpc) is 2.37. The molecule has 0 radical (unpaired) electrons. The van der Waals surface area contributed by atoms with Gasteiger partial charge in [-0.1, -0.05) is 17.7 Å². The van der Waals surface area contributed by atoms with Crippen LogP contribution in [0.25, 0.3) is 0 Å². The molecule has 0 spiro atoms. The molecule has 1 aromatic carbocycles. The number of anilines is 1. The number of hydrogen-bond acceptors (Lipinski definition) is 2. The highest BCUT2D eigenvalue weighted by Gasteiger charge is 2.31. The lowest BCUT2D eigenvalue weighted by Gasteiger charge is -2.44.